The van der Waals surface area contributed by atoms with Crippen LogP contribution in [0.1, 0.15) is 96.8 Å². The number of nitrogens with one attached hydrogen (secondary N) is 1. The molecule has 0 aliphatic heterocycles. The van der Waals surface area contributed by atoms with Gasteiger partial charge in [0.2, 0.25) is 0 Å². The zero-order valence-corrected chi connectivity index (χ0v) is 14.4. The maximum absolute atomic E-state index is 5.41. The third-order valence-corrected chi connectivity index (χ3v) is 3.97. The molecule has 0 bridgehead atoms. The highest BCUT2D eigenvalue weighted by Gasteiger charge is 1.91. The van der Waals surface area contributed by atoms with E-state index in [1.54, 1.807) is 0 Å². The van der Waals surface area contributed by atoms with Crippen molar-refractivity contribution in [2.75, 3.05) is 6.54 Å². The topological polar surface area (TPSA) is 12.0 Å². The zero-order valence-electron chi connectivity index (χ0n) is 13.6. The molecule has 0 spiro atoms. The molecule has 1 nitrogen and oxygen atoms in total. The van der Waals surface area contributed by atoms with Gasteiger partial charge in [-0.2, -0.15) is 0 Å². The molecule has 0 rings (SSSR count). The Hall–Kier alpha value is -0.0100. The van der Waals surface area contributed by atoms with Gasteiger partial charge in [0, 0.05) is 6.54 Å². The van der Waals surface area contributed by atoms with Crippen LogP contribution in [-0.2, 0) is 0 Å². The summed E-state index contributed by atoms with van der Waals surface area (Å²) in [6.45, 7) is 3.22. The van der Waals surface area contributed by atoms with Gasteiger partial charge in [0.25, 0.3) is 0 Å². The van der Waals surface area contributed by atoms with Crippen LogP contribution in [0.4, 0.5) is 0 Å². The van der Waals surface area contributed by atoms with Crippen LogP contribution in [0.25, 0.3) is 0 Å². The second-order valence-electron chi connectivity index (χ2n) is 5.82. The molecule has 0 aromatic heterocycles. The summed E-state index contributed by atoms with van der Waals surface area (Å²) in [7, 11) is 0. The average Bonchev–Trinajstić information content (AvgIpc) is 2.47. The quantitative estimate of drug-likeness (QED) is 0.188. The summed E-state index contributed by atoms with van der Waals surface area (Å²) in [6, 6.07) is 0. The summed E-state index contributed by atoms with van der Waals surface area (Å²) < 4.78 is 0. The van der Waals surface area contributed by atoms with Gasteiger partial charge in [-0.3, -0.25) is 0 Å². The summed E-state index contributed by atoms with van der Waals surface area (Å²) >= 11 is 5.41. The Morgan fingerprint density at radius 3 is 1.60 bits per heavy atom. The summed E-state index contributed by atoms with van der Waals surface area (Å²) in [6.07, 6.45) is 23.8. The molecule has 20 heavy (non-hydrogen) atoms. The van der Waals surface area contributed by atoms with E-state index in [-0.39, 0.29) is 0 Å². The molecule has 0 aliphatic carbocycles. The molecule has 0 heterocycles. The Labute approximate surface area is 132 Å². The third kappa shape index (κ3) is 18.0. The van der Waals surface area contributed by atoms with E-state index in [0.717, 1.165) is 6.54 Å². The molecule has 0 aromatic rings. The monoisotopic (exact) mass is 301 g/mol. The molecular weight excluding hydrogens is 266 g/mol. The summed E-state index contributed by atoms with van der Waals surface area (Å²) in [5, 5.41) is 0. The second kappa shape index (κ2) is 19.0. The molecule has 0 saturated carbocycles. The molecule has 1 N–H and O–H groups in total. The number of allylic oxidation sites excluding steroid dienone is 2. The van der Waals surface area contributed by atoms with Crippen molar-refractivity contribution in [2.45, 2.75) is 96.8 Å². The van der Waals surface area contributed by atoms with Gasteiger partial charge in [-0.1, -0.05) is 76.9 Å². The van der Waals surface area contributed by atoms with Gasteiger partial charge in [-0.05, 0) is 43.9 Å². The average molecular weight is 302 g/mol. The van der Waals surface area contributed by atoms with Crippen molar-refractivity contribution in [3.05, 3.63) is 12.2 Å². The normalized spacial score (nSPS) is 11.5. The van der Waals surface area contributed by atoms with E-state index in [4.69, 9.17) is 11.8 Å². The largest absolute Gasteiger partial charge is 0.234 e. The van der Waals surface area contributed by atoms with E-state index in [9.17, 15) is 0 Å². The number of halogens is 1. The molecule has 0 amide bonds. The Balaban J connectivity index is 3.01. The van der Waals surface area contributed by atoms with E-state index in [1.165, 1.54) is 89.9 Å². The first-order valence-corrected chi connectivity index (χ1v) is 9.28. The lowest BCUT2D eigenvalue weighted by atomic mass is 10.1. The van der Waals surface area contributed by atoms with Gasteiger partial charge >= 0.3 is 0 Å². The van der Waals surface area contributed by atoms with E-state index in [1.807, 2.05) is 0 Å². The van der Waals surface area contributed by atoms with Crippen LogP contribution in [0.5, 0.6) is 0 Å². The highest BCUT2D eigenvalue weighted by Crippen LogP contribution is 2.09. The minimum absolute atomic E-state index is 0.947. The summed E-state index contributed by atoms with van der Waals surface area (Å²) in [5.74, 6) is 0. The minimum atomic E-state index is 0.947. The fourth-order valence-corrected chi connectivity index (χ4v) is 2.57. The molecule has 0 fully saturated rings. The van der Waals surface area contributed by atoms with E-state index in [0.29, 0.717) is 0 Å². The van der Waals surface area contributed by atoms with Gasteiger partial charge in [-0.15, -0.1) is 0 Å². The minimum Gasteiger partial charge on any atom is -0.234 e. The van der Waals surface area contributed by atoms with Gasteiger partial charge in [-0.25, -0.2) is 4.84 Å². The Kier molecular flexibility index (Phi) is 19.0. The van der Waals surface area contributed by atoms with Crippen LogP contribution >= 0.6 is 11.8 Å². The molecule has 2 heteroatoms. The zero-order chi connectivity index (χ0) is 14.7. The SMILES string of the molecule is CCCCCCCCC=CCCCCCCCCNCl. The van der Waals surface area contributed by atoms with Gasteiger partial charge < -0.3 is 0 Å². The van der Waals surface area contributed by atoms with Crippen molar-refractivity contribution in [1.29, 1.82) is 0 Å². The number of unbranched alkanes of at least 4 members (excludes halogenated alkanes) is 12. The highest BCUT2D eigenvalue weighted by molar-refractivity contribution is 6.13. The summed E-state index contributed by atoms with van der Waals surface area (Å²) in [4.78, 5) is 2.68. The summed E-state index contributed by atoms with van der Waals surface area (Å²) in [5.41, 5.74) is 0. The van der Waals surface area contributed by atoms with E-state index >= 15 is 0 Å². The highest BCUT2D eigenvalue weighted by atomic mass is 35.5. The van der Waals surface area contributed by atoms with Gasteiger partial charge in [0.15, 0.2) is 0 Å². The van der Waals surface area contributed by atoms with Crippen LogP contribution in [0.15, 0.2) is 12.2 Å². The van der Waals surface area contributed by atoms with Crippen molar-refractivity contribution in [3.63, 3.8) is 0 Å². The molecule has 120 valence electrons. The Morgan fingerprint density at radius 1 is 0.650 bits per heavy atom. The van der Waals surface area contributed by atoms with Crippen molar-refractivity contribution in [3.8, 4) is 0 Å². The standard InChI is InChI=1S/C18H36ClN/c1-2-3-4-5-6-7-8-9-10-11-12-13-14-15-16-17-18-20-19/h9-10,20H,2-8,11-18H2,1H3. The van der Waals surface area contributed by atoms with Crippen LogP contribution in [-0.4, -0.2) is 6.54 Å². The van der Waals surface area contributed by atoms with Crippen LogP contribution in [0, 0.1) is 0 Å². The van der Waals surface area contributed by atoms with Gasteiger partial charge in [0.1, 0.15) is 0 Å². The van der Waals surface area contributed by atoms with Crippen molar-refractivity contribution in [2.24, 2.45) is 0 Å². The smallest absolute Gasteiger partial charge is 0.0108 e. The molecule has 0 radical (unpaired) electrons. The first kappa shape index (κ1) is 20.0. The number of hydrogen-bond donors (Lipinski definition) is 1. The Bertz CT molecular complexity index is 192. The van der Waals surface area contributed by atoms with E-state index in [2.05, 4.69) is 23.9 Å². The molecule has 0 aliphatic rings. The first-order chi connectivity index (χ1) is 9.91. The van der Waals surface area contributed by atoms with E-state index < -0.39 is 0 Å². The maximum Gasteiger partial charge on any atom is 0.0108 e. The number of rotatable bonds is 16. The van der Waals surface area contributed by atoms with Crippen molar-refractivity contribution in [1.82, 2.24) is 4.84 Å². The second-order valence-corrected chi connectivity index (χ2v) is 6.09. The Morgan fingerprint density at radius 2 is 1.10 bits per heavy atom. The van der Waals surface area contributed by atoms with Crippen LogP contribution in [0.2, 0.25) is 0 Å². The molecule has 0 saturated heterocycles. The van der Waals surface area contributed by atoms with Crippen molar-refractivity contribution < 1.29 is 0 Å². The molecule has 0 atom stereocenters. The van der Waals surface area contributed by atoms with Crippen LogP contribution < -0.4 is 4.84 Å². The molecular formula is C18H36ClN. The molecule has 0 aromatic carbocycles. The first-order valence-electron chi connectivity index (χ1n) is 8.90. The lowest BCUT2D eigenvalue weighted by molar-refractivity contribution is 0.594. The third-order valence-electron chi connectivity index (χ3n) is 3.78. The van der Waals surface area contributed by atoms with Crippen molar-refractivity contribution >= 4 is 11.8 Å². The fraction of sp³-hybridized carbons (Fsp3) is 0.889. The molecule has 0 unspecified atom stereocenters. The lowest BCUT2D eigenvalue weighted by Gasteiger charge is -2.00. The van der Waals surface area contributed by atoms with Crippen LogP contribution in [0.3, 0.4) is 0 Å². The lowest BCUT2D eigenvalue weighted by Crippen LogP contribution is -1.99. The number of hydrogen-bond acceptors (Lipinski definition) is 1. The predicted molar refractivity (Wildman–Crippen MR) is 93.3 cm³/mol. The fourth-order valence-electron chi connectivity index (χ4n) is 2.44. The maximum atomic E-state index is 5.41. The van der Waals surface area contributed by atoms with Gasteiger partial charge in [0.05, 0.1) is 0 Å². The predicted octanol–water partition coefficient (Wildman–Crippen LogP) is 6.77.